The number of nitrogens with one attached hydrogen (secondary N) is 2. The molecule has 0 saturated carbocycles. The maximum Gasteiger partial charge on any atom is 0.345 e. The predicted molar refractivity (Wildman–Crippen MR) is 103 cm³/mol. The highest BCUT2D eigenvalue weighted by Crippen LogP contribution is 2.31. The number of hydrogen-bond donors (Lipinski definition) is 2. The number of H-pyrrole nitrogens is 1. The molecule has 0 aromatic carbocycles. The van der Waals surface area contributed by atoms with Crippen LogP contribution < -0.4 is 19.8 Å². The highest BCUT2D eigenvalue weighted by atomic mass is 32.2. The Bertz CT molecular complexity index is 1260. The van der Waals surface area contributed by atoms with Gasteiger partial charge in [0.25, 0.3) is 21.5 Å². The molecule has 168 valence electrons. The van der Waals surface area contributed by atoms with Crippen molar-refractivity contribution in [2.75, 3.05) is 25.0 Å². The monoisotopic (exact) mass is 462 g/mol. The summed E-state index contributed by atoms with van der Waals surface area (Å²) in [6.07, 6.45) is 2.54. The van der Waals surface area contributed by atoms with E-state index in [9.17, 15) is 26.4 Å². The van der Waals surface area contributed by atoms with Crippen LogP contribution in [0.3, 0.4) is 0 Å². The molecule has 0 aliphatic rings. The quantitative estimate of drug-likeness (QED) is 0.465. The number of sulfonamides is 1. The molecular formula is C17H17F3N4O6S. The number of ether oxygens (including phenoxy) is 3. The van der Waals surface area contributed by atoms with E-state index < -0.39 is 47.1 Å². The Balaban J connectivity index is 1.88. The van der Waals surface area contributed by atoms with E-state index in [1.165, 1.54) is 23.9 Å². The lowest BCUT2D eigenvalue weighted by molar-refractivity contribution is -0.133. The number of aromatic nitrogens is 3. The molecule has 10 nitrogen and oxygen atoms in total. The second-order valence-corrected chi connectivity index (χ2v) is 7.74. The fourth-order valence-corrected chi connectivity index (χ4v) is 3.89. The summed E-state index contributed by atoms with van der Waals surface area (Å²) in [7, 11) is -1.60. The third kappa shape index (κ3) is 4.74. The first-order chi connectivity index (χ1) is 14.6. The summed E-state index contributed by atoms with van der Waals surface area (Å²) in [6.45, 7) is -3.94. The molecule has 14 heteroatoms. The molecule has 0 radical (unpaired) electrons. The molecule has 0 atom stereocenters. The first-order valence-corrected chi connectivity index (χ1v) is 10.1. The van der Waals surface area contributed by atoms with Crippen LogP contribution in [0.5, 0.6) is 11.8 Å². The number of nitrogens with zero attached hydrogens (tertiary/aromatic N) is 2. The van der Waals surface area contributed by atoms with Crippen LogP contribution in [0.25, 0.3) is 10.9 Å². The zero-order chi connectivity index (χ0) is 22.8. The van der Waals surface area contributed by atoms with E-state index in [1.807, 2.05) is 0 Å². The largest absolute Gasteiger partial charge is 0.479 e. The fourth-order valence-electron chi connectivity index (χ4n) is 2.67. The van der Waals surface area contributed by atoms with Crippen molar-refractivity contribution >= 4 is 26.6 Å². The Morgan fingerprint density at radius 3 is 2.71 bits per heavy atom. The van der Waals surface area contributed by atoms with Gasteiger partial charge in [-0.1, -0.05) is 0 Å². The van der Waals surface area contributed by atoms with Crippen LogP contribution in [0.4, 0.5) is 18.9 Å². The Kier molecular flexibility index (Phi) is 6.40. The number of aryl methyl sites for hydroxylation is 1. The topological polar surface area (TPSA) is 125 Å². The van der Waals surface area contributed by atoms with E-state index in [2.05, 4.69) is 19.4 Å². The standard InChI is InChI=1S/C17H17F3N4O6S/c1-24-4-3-9-12(8-21-13(9)16(24)25)31(26,27)23-11-7-10(18)14(22-15(11)28-2)29-5-6-30-17(19)20/h3-4,7-8,17,21,23H,5-6H2,1-2H3. The van der Waals surface area contributed by atoms with Crippen molar-refractivity contribution in [3.05, 3.63) is 40.7 Å². The molecule has 0 amide bonds. The van der Waals surface area contributed by atoms with Gasteiger partial charge in [-0.3, -0.25) is 9.52 Å². The van der Waals surface area contributed by atoms with Crippen LogP contribution in [-0.4, -0.2) is 49.9 Å². The first-order valence-electron chi connectivity index (χ1n) is 8.60. The first kappa shape index (κ1) is 22.4. The van der Waals surface area contributed by atoms with Gasteiger partial charge in [-0.25, -0.2) is 12.8 Å². The number of hydrogen-bond acceptors (Lipinski definition) is 7. The fraction of sp³-hybridized carbons (Fsp3) is 0.294. The molecule has 0 saturated heterocycles. The van der Waals surface area contributed by atoms with E-state index in [4.69, 9.17) is 9.47 Å². The minimum Gasteiger partial charge on any atom is -0.479 e. The average Bonchev–Trinajstić information content (AvgIpc) is 3.15. The second kappa shape index (κ2) is 8.85. The Morgan fingerprint density at radius 2 is 2.03 bits per heavy atom. The highest BCUT2D eigenvalue weighted by Gasteiger charge is 2.24. The van der Waals surface area contributed by atoms with E-state index in [0.29, 0.717) is 0 Å². The molecule has 0 aliphatic carbocycles. The summed E-state index contributed by atoms with van der Waals surface area (Å²) in [5.41, 5.74) is -0.688. The lowest BCUT2D eigenvalue weighted by atomic mass is 10.3. The third-order valence-corrected chi connectivity index (χ3v) is 5.49. The molecule has 0 bridgehead atoms. The average molecular weight is 462 g/mol. The smallest absolute Gasteiger partial charge is 0.345 e. The van der Waals surface area contributed by atoms with Crippen LogP contribution in [-0.2, 0) is 21.8 Å². The SMILES string of the molecule is COc1nc(OCCOC(F)F)c(F)cc1NS(=O)(=O)c1c[nH]c2c(=O)n(C)ccc12. The van der Waals surface area contributed by atoms with Gasteiger partial charge in [0.05, 0.1) is 13.7 Å². The number of methoxy groups -OCH3 is 1. The van der Waals surface area contributed by atoms with Gasteiger partial charge in [-0.2, -0.15) is 13.8 Å². The lowest BCUT2D eigenvalue weighted by Gasteiger charge is -2.13. The van der Waals surface area contributed by atoms with Crippen LogP contribution in [0.2, 0.25) is 0 Å². The summed E-state index contributed by atoms with van der Waals surface area (Å²) in [5, 5.41) is 0.141. The third-order valence-electron chi connectivity index (χ3n) is 4.08. The maximum absolute atomic E-state index is 14.3. The van der Waals surface area contributed by atoms with Gasteiger partial charge in [-0.15, -0.1) is 0 Å². The Labute approximate surface area is 173 Å². The summed E-state index contributed by atoms with van der Waals surface area (Å²) in [4.78, 5) is 18.2. The number of anilines is 1. The number of pyridine rings is 2. The number of fused-ring (bicyclic) bond motifs is 1. The minimum atomic E-state index is -4.28. The summed E-state index contributed by atoms with van der Waals surface area (Å²) in [6, 6.07) is 2.21. The predicted octanol–water partition coefficient (Wildman–Crippen LogP) is 1.83. The number of aromatic amines is 1. The van der Waals surface area contributed by atoms with Gasteiger partial charge < -0.3 is 23.8 Å². The molecule has 31 heavy (non-hydrogen) atoms. The minimum absolute atomic E-state index is 0.0800. The van der Waals surface area contributed by atoms with Gasteiger partial charge in [0.1, 0.15) is 22.7 Å². The summed E-state index contributed by atoms with van der Waals surface area (Å²) in [5.74, 6) is -1.98. The van der Waals surface area contributed by atoms with E-state index in [-0.39, 0.29) is 27.4 Å². The number of rotatable bonds is 9. The van der Waals surface area contributed by atoms with Gasteiger partial charge in [0.2, 0.25) is 5.88 Å². The molecule has 0 unspecified atom stereocenters. The van der Waals surface area contributed by atoms with Crippen molar-refractivity contribution in [2.24, 2.45) is 7.05 Å². The lowest BCUT2D eigenvalue weighted by Crippen LogP contribution is -2.17. The van der Waals surface area contributed by atoms with E-state index in [0.717, 1.165) is 19.4 Å². The second-order valence-electron chi connectivity index (χ2n) is 6.09. The van der Waals surface area contributed by atoms with Crippen molar-refractivity contribution in [1.29, 1.82) is 0 Å². The van der Waals surface area contributed by atoms with Gasteiger partial charge in [0.15, 0.2) is 5.82 Å². The molecule has 3 rings (SSSR count). The zero-order valence-electron chi connectivity index (χ0n) is 16.2. The highest BCUT2D eigenvalue weighted by molar-refractivity contribution is 7.93. The zero-order valence-corrected chi connectivity index (χ0v) is 17.0. The summed E-state index contributed by atoms with van der Waals surface area (Å²) < 4.78 is 81.2. The van der Waals surface area contributed by atoms with Crippen molar-refractivity contribution in [2.45, 2.75) is 11.5 Å². The number of halogens is 3. The molecular weight excluding hydrogens is 445 g/mol. The van der Waals surface area contributed by atoms with Crippen LogP contribution in [0.1, 0.15) is 0 Å². The van der Waals surface area contributed by atoms with Gasteiger partial charge in [-0.05, 0) is 6.07 Å². The summed E-state index contributed by atoms with van der Waals surface area (Å²) >= 11 is 0. The molecule has 2 N–H and O–H groups in total. The molecule has 0 aliphatic heterocycles. The van der Waals surface area contributed by atoms with Crippen molar-refractivity contribution < 1.29 is 35.8 Å². The Hall–Kier alpha value is -3.26. The van der Waals surface area contributed by atoms with E-state index >= 15 is 0 Å². The van der Waals surface area contributed by atoms with Gasteiger partial charge in [0, 0.05) is 30.9 Å². The van der Waals surface area contributed by atoms with Crippen molar-refractivity contribution in [3.63, 3.8) is 0 Å². The van der Waals surface area contributed by atoms with Crippen molar-refractivity contribution in [1.82, 2.24) is 14.5 Å². The Morgan fingerprint density at radius 1 is 1.29 bits per heavy atom. The normalized spacial score (nSPS) is 11.8. The molecule has 3 aromatic heterocycles. The molecule has 3 aromatic rings. The van der Waals surface area contributed by atoms with E-state index in [1.54, 1.807) is 0 Å². The van der Waals surface area contributed by atoms with Gasteiger partial charge >= 0.3 is 6.61 Å². The van der Waals surface area contributed by atoms with Crippen LogP contribution in [0, 0.1) is 5.82 Å². The van der Waals surface area contributed by atoms with Crippen LogP contribution >= 0.6 is 0 Å². The molecule has 0 fully saturated rings. The molecule has 0 spiro atoms. The van der Waals surface area contributed by atoms with Crippen molar-refractivity contribution in [3.8, 4) is 11.8 Å². The maximum atomic E-state index is 14.3. The number of alkyl halides is 2. The van der Waals surface area contributed by atoms with Crippen LogP contribution in [0.15, 0.2) is 34.2 Å². The molecule has 3 heterocycles.